The van der Waals surface area contributed by atoms with Crippen LogP contribution in [0.3, 0.4) is 0 Å². The van der Waals surface area contributed by atoms with E-state index in [1.165, 1.54) is 35.4 Å². The van der Waals surface area contributed by atoms with Crippen LogP contribution in [0.4, 0.5) is 18.3 Å². The second-order valence-electron chi connectivity index (χ2n) is 5.81. The number of carbonyl (C=O) groups is 1. The Labute approximate surface area is 168 Å². The highest BCUT2D eigenvalue weighted by Crippen LogP contribution is 2.33. The van der Waals surface area contributed by atoms with E-state index in [2.05, 4.69) is 14.9 Å². The molecular weight excluding hydrogens is 421 g/mol. The molecule has 12 heteroatoms. The van der Waals surface area contributed by atoms with E-state index in [0.29, 0.717) is 28.4 Å². The van der Waals surface area contributed by atoms with Gasteiger partial charge in [-0.3, -0.25) is 9.69 Å². The van der Waals surface area contributed by atoms with E-state index in [4.69, 9.17) is 4.52 Å². The molecule has 0 aliphatic rings. The molecule has 0 spiro atoms. The number of hydrogen-bond acceptors (Lipinski definition) is 7. The first-order chi connectivity index (χ1) is 12.7. The summed E-state index contributed by atoms with van der Waals surface area (Å²) in [5.41, 5.74) is 0.463. The number of fused-ring (bicyclic) bond motifs is 1. The predicted octanol–water partition coefficient (Wildman–Crippen LogP) is 3.81. The van der Waals surface area contributed by atoms with Crippen molar-refractivity contribution in [2.75, 3.05) is 32.1 Å². The van der Waals surface area contributed by atoms with Crippen LogP contribution in [0.15, 0.2) is 35.0 Å². The average molecular weight is 437 g/mol. The van der Waals surface area contributed by atoms with E-state index in [1.54, 1.807) is 0 Å². The van der Waals surface area contributed by atoms with Gasteiger partial charge in [0.05, 0.1) is 16.4 Å². The predicted molar refractivity (Wildman–Crippen MR) is 100 cm³/mol. The quantitative estimate of drug-likeness (QED) is 0.585. The number of anilines is 1. The molecular formula is C16H16ClF3N4O3S. The summed E-state index contributed by atoms with van der Waals surface area (Å²) in [5.74, 6) is -0.721. The number of ether oxygens (including phenoxy) is 1. The maximum Gasteiger partial charge on any atom is 0.573 e. The van der Waals surface area contributed by atoms with Gasteiger partial charge in [-0.15, -0.1) is 25.6 Å². The van der Waals surface area contributed by atoms with Gasteiger partial charge in [-0.2, -0.15) is 0 Å². The summed E-state index contributed by atoms with van der Waals surface area (Å²) in [6.45, 7) is 0.872. The second-order valence-corrected chi connectivity index (χ2v) is 6.82. The molecule has 0 bridgehead atoms. The number of rotatable bonds is 6. The third-order valence-electron chi connectivity index (χ3n) is 3.48. The smallest absolute Gasteiger partial charge is 0.406 e. The maximum absolute atomic E-state index is 12.7. The van der Waals surface area contributed by atoms with E-state index in [9.17, 15) is 18.0 Å². The van der Waals surface area contributed by atoms with Gasteiger partial charge < -0.3 is 14.2 Å². The molecule has 1 aromatic carbocycles. The molecule has 2 aromatic heterocycles. The number of aromatic nitrogens is 2. The summed E-state index contributed by atoms with van der Waals surface area (Å²) in [6, 6.07) is 5.28. The number of nitrogens with zero attached hydrogens (tertiary/aromatic N) is 4. The zero-order chi connectivity index (χ0) is 19.6. The molecule has 28 heavy (non-hydrogen) atoms. The van der Waals surface area contributed by atoms with Crippen LogP contribution in [0, 0.1) is 0 Å². The Kier molecular flexibility index (Phi) is 6.86. The Morgan fingerprint density at radius 3 is 2.61 bits per heavy atom. The van der Waals surface area contributed by atoms with Crippen LogP contribution in [-0.4, -0.2) is 54.5 Å². The van der Waals surface area contributed by atoms with Crippen molar-refractivity contribution in [1.82, 2.24) is 15.0 Å². The van der Waals surface area contributed by atoms with Crippen LogP contribution in [-0.2, 0) is 0 Å². The average Bonchev–Trinajstić information content (AvgIpc) is 3.22. The normalized spacial score (nSPS) is 11.5. The fraction of sp³-hybridized carbons (Fsp3) is 0.312. The first-order valence-electron chi connectivity index (χ1n) is 7.76. The van der Waals surface area contributed by atoms with E-state index in [0.717, 1.165) is 11.3 Å². The molecule has 0 aliphatic heterocycles. The molecule has 152 valence electrons. The topological polar surface area (TPSA) is 71.7 Å². The summed E-state index contributed by atoms with van der Waals surface area (Å²) in [6.07, 6.45) is -3.42. The van der Waals surface area contributed by atoms with Gasteiger partial charge in [0.2, 0.25) is 5.76 Å². The van der Waals surface area contributed by atoms with Crippen LogP contribution in [0.5, 0.6) is 5.75 Å². The molecule has 0 saturated heterocycles. The molecule has 0 radical (unpaired) electrons. The molecule has 0 fully saturated rings. The highest BCUT2D eigenvalue weighted by Gasteiger charge is 2.31. The Morgan fingerprint density at radius 2 is 2.00 bits per heavy atom. The van der Waals surface area contributed by atoms with Gasteiger partial charge in [-0.25, -0.2) is 4.98 Å². The molecule has 3 rings (SSSR count). The van der Waals surface area contributed by atoms with Gasteiger partial charge in [0, 0.05) is 25.2 Å². The molecule has 7 nitrogen and oxygen atoms in total. The fourth-order valence-electron chi connectivity index (χ4n) is 2.25. The van der Waals surface area contributed by atoms with Gasteiger partial charge in [0.25, 0.3) is 5.91 Å². The molecule has 3 aromatic rings. The van der Waals surface area contributed by atoms with Crippen LogP contribution in [0.2, 0.25) is 0 Å². The molecule has 0 unspecified atom stereocenters. The lowest BCUT2D eigenvalue weighted by Crippen LogP contribution is -2.36. The molecule has 0 aliphatic carbocycles. The van der Waals surface area contributed by atoms with Gasteiger partial charge >= 0.3 is 6.36 Å². The van der Waals surface area contributed by atoms with E-state index in [-0.39, 0.29) is 23.9 Å². The summed E-state index contributed by atoms with van der Waals surface area (Å²) in [5, 5.41) is 3.87. The minimum Gasteiger partial charge on any atom is -0.406 e. The molecule has 0 saturated carbocycles. The molecule has 0 atom stereocenters. The maximum atomic E-state index is 12.7. The van der Waals surface area contributed by atoms with Gasteiger partial charge in [-0.1, -0.05) is 16.5 Å². The summed E-state index contributed by atoms with van der Waals surface area (Å²) in [7, 11) is 3.71. The van der Waals surface area contributed by atoms with Crippen LogP contribution in [0.1, 0.15) is 10.6 Å². The number of amides is 1. The van der Waals surface area contributed by atoms with Crippen molar-refractivity contribution in [1.29, 1.82) is 0 Å². The van der Waals surface area contributed by atoms with Crippen LogP contribution < -0.4 is 9.64 Å². The number of carbonyl (C=O) groups excluding carboxylic acids is 1. The van der Waals surface area contributed by atoms with Crippen LogP contribution in [0.25, 0.3) is 10.2 Å². The summed E-state index contributed by atoms with van der Waals surface area (Å²) < 4.78 is 46.5. The lowest BCUT2D eigenvalue weighted by molar-refractivity contribution is -0.274. The lowest BCUT2D eigenvalue weighted by atomic mass is 10.3. The van der Waals surface area contributed by atoms with Gasteiger partial charge in [0.15, 0.2) is 5.13 Å². The second kappa shape index (κ2) is 8.76. The first kappa shape index (κ1) is 21.9. The summed E-state index contributed by atoms with van der Waals surface area (Å²) in [4.78, 5) is 20.4. The highest BCUT2D eigenvalue weighted by atomic mass is 35.5. The lowest BCUT2D eigenvalue weighted by Gasteiger charge is -2.20. The largest absolute Gasteiger partial charge is 0.573 e. The van der Waals surface area contributed by atoms with E-state index < -0.39 is 12.3 Å². The minimum absolute atomic E-state index is 0. The summed E-state index contributed by atoms with van der Waals surface area (Å²) >= 11 is 1.09. The highest BCUT2D eigenvalue weighted by molar-refractivity contribution is 7.22. The van der Waals surface area contributed by atoms with E-state index in [1.807, 2.05) is 19.0 Å². The SMILES string of the molecule is CN(C)CCN(C(=O)c1ccno1)c1nc2ccc(OC(F)(F)F)cc2s1.Cl. The third-order valence-corrected chi connectivity index (χ3v) is 4.52. The fourth-order valence-corrected chi connectivity index (χ4v) is 3.27. The van der Waals surface area contributed by atoms with Crippen LogP contribution >= 0.6 is 23.7 Å². The van der Waals surface area contributed by atoms with Crippen molar-refractivity contribution in [3.63, 3.8) is 0 Å². The van der Waals surface area contributed by atoms with Crippen molar-refractivity contribution in [2.24, 2.45) is 0 Å². The number of likely N-dealkylation sites (N-methyl/N-ethyl adjacent to an activating group) is 1. The third kappa shape index (κ3) is 5.33. The zero-order valence-corrected chi connectivity index (χ0v) is 16.4. The number of benzene rings is 1. The van der Waals surface area contributed by atoms with Crippen molar-refractivity contribution in [3.8, 4) is 5.75 Å². The number of hydrogen-bond donors (Lipinski definition) is 0. The van der Waals surface area contributed by atoms with Crippen molar-refractivity contribution in [2.45, 2.75) is 6.36 Å². The van der Waals surface area contributed by atoms with Crippen molar-refractivity contribution >= 4 is 45.0 Å². The van der Waals surface area contributed by atoms with Gasteiger partial charge in [0.1, 0.15) is 5.75 Å². The molecule has 1 amide bonds. The Bertz CT molecular complexity index is 931. The number of halogens is 4. The Morgan fingerprint density at radius 1 is 1.25 bits per heavy atom. The van der Waals surface area contributed by atoms with Crippen molar-refractivity contribution < 1.29 is 27.2 Å². The van der Waals surface area contributed by atoms with Crippen molar-refractivity contribution in [3.05, 3.63) is 36.2 Å². The molecule has 2 heterocycles. The first-order valence-corrected chi connectivity index (χ1v) is 8.58. The monoisotopic (exact) mass is 436 g/mol. The zero-order valence-electron chi connectivity index (χ0n) is 14.8. The standard InChI is InChI=1S/C16H15F3N4O3S.ClH/c1-22(2)7-8-23(14(24)12-5-6-20-26-12)15-21-11-4-3-10(9-13(11)27-15)25-16(17,18)19;/h3-6,9H,7-8H2,1-2H3;1H. The molecule has 0 N–H and O–H groups in total. The van der Waals surface area contributed by atoms with E-state index >= 15 is 0 Å². The van der Waals surface area contributed by atoms with Gasteiger partial charge in [-0.05, 0) is 26.2 Å². The number of thiazole rings is 1. The minimum atomic E-state index is -4.78. The Hall–Kier alpha value is -2.37. The number of alkyl halides is 3. The Balaban J connectivity index is 0.00000280.